The third-order valence-electron chi connectivity index (χ3n) is 5.11. The molecule has 0 radical (unpaired) electrons. The molecule has 0 bridgehead atoms. The Kier molecular flexibility index (Phi) is 6.85. The maximum Gasteiger partial charge on any atom is 0.255 e. The number of benzene rings is 2. The van der Waals surface area contributed by atoms with E-state index in [1.807, 2.05) is 42.3 Å². The van der Waals surface area contributed by atoms with Crippen molar-refractivity contribution in [3.8, 4) is 5.75 Å². The van der Waals surface area contributed by atoms with Gasteiger partial charge in [0.1, 0.15) is 18.1 Å². The van der Waals surface area contributed by atoms with E-state index in [0.717, 1.165) is 5.69 Å². The molecule has 29 heavy (non-hydrogen) atoms. The molecule has 0 saturated heterocycles. The highest BCUT2D eigenvalue weighted by Gasteiger charge is 2.28. The van der Waals surface area contributed by atoms with Crippen LogP contribution >= 0.6 is 0 Å². The normalized spacial score (nSPS) is 15.6. The van der Waals surface area contributed by atoms with Crippen LogP contribution in [-0.2, 0) is 4.79 Å². The number of aliphatic hydroxyl groups excluding tert-OH is 2. The third kappa shape index (κ3) is 5.13. The minimum atomic E-state index is -0.433. The van der Waals surface area contributed by atoms with Crippen LogP contribution in [0, 0.1) is 5.92 Å². The lowest BCUT2D eigenvalue weighted by atomic mass is 9.98. The molecule has 1 amide bonds. The van der Waals surface area contributed by atoms with E-state index in [-0.39, 0.29) is 43.8 Å². The molecule has 1 unspecified atom stereocenters. The van der Waals surface area contributed by atoms with E-state index in [4.69, 9.17) is 14.9 Å². The molecule has 2 aromatic carbocycles. The van der Waals surface area contributed by atoms with Crippen molar-refractivity contribution >= 4 is 23.1 Å². The third-order valence-corrected chi connectivity index (χ3v) is 5.11. The van der Waals surface area contributed by atoms with E-state index >= 15 is 0 Å². The largest absolute Gasteiger partial charge is 0.489 e. The van der Waals surface area contributed by atoms with Crippen molar-refractivity contribution in [3.63, 3.8) is 0 Å². The van der Waals surface area contributed by atoms with Crippen LogP contribution in [0.5, 0.6) is 5.75 Å². The summed E-state index contributed by atoms with van der Waals surface area (Å²) in [7, 11) is 1.87. The molecular formula is C22H26N2O5. The molecule has 0 aliphatic carbocycles. The maximum absolute atomic E-state index is 12.6. The van der Waals surface area contributed by atoms with E-state index < -0.39 is 5.92 Å². The Labute approximate surface area is 169 Å². The zero-order chi connectivity index (χ0) is 20.8. The van der Waals surface area contributed by atoms with E-state index in [9.17, 15) is 9.59 Å². The van der Waals surface area contributed by atoms with Gasteiger partial charge in [0.25, 0.3) is 5.91 Å². The number of aliphatic hydroxyl groups is 2. The number of likely N-dealkylation sites (N-methyl/N-ethyl adjacent to an activating group) is 1. The Morgan fingerprint density at radius 2 is 1.90 bits per heavy atom. The average Bonchev–Trinajstić information content (AvgIpc) is 2.74. The minimum absolute atomic E-state index is 0.0417. The minimum Gasteiger partial charge on any atom is -0.489 e. The second kappa shape index (κ2) is 9.54. The summed E-state index contributed by atoms with van der Waals surface area (Å²) in [5, 5.41) is 21.2. The molecule has 7 nitrogen and oxygen atoms in total. The van der Waals surface area contributed by atoms with Crippen LogP contribution < -0.4 is 15.0 Å². The van der Waals surface area contributed by atoms with Crippen LogP contribution in [-0.4, -0.2) is 54.8 Å². The van der Waals surface area contributed by atoms with Crippen LogP contribution in [0.4, 0.5) is 11.4 Å². The lowest BCUT2D eigenvalue weighted by Crippen LogP contribution is -2.42. The number of ketones is 1. The predicted molar refractivity (Wildman–Crippen MR) is 110 cm³/mol. The van der Waals surface area contributed by atoms with E-state index in [2.05, 4.69) is 5.32 Å². The molecule has 1 heterocycles. The van der Waals surface area contributed by atoms with Crippen molar-refractivity contribution in [2.24, 2.45) is 5.92 Å². The SMILES string of the molecule is CN1c2cc(C(=O)Nc3ccccc3)ccc2OCC1CC(=O)CC(CO)CO. The Balaban J connectivity index is 1.70. The highest BCUT2D eigenvalue weighted by atomic mass is 16.5. The van der Waals surface area contributed by atoms with Gasteiger partial charge in [-0.2, -0.15) is 0 Å². The summed E-state index contributed by atoms with van der Waals surface area (Å²) in [6, 6.07) is 14.3. The van der Waals surface area contributed by atoms with Gasteiger partial charge in [-0.1, -0.05) is 18.2 Å². The van der Waals surface area contributed by atoms with Gasteiger partial charge < -0.3 is 25.2 Å². The van der Waals surface area contributed by atoms with Crippen molar-refractivity contribution in [1.82, 2.24) is 0 Å². The lowest BCUT2D eigenvalue weighted by Gasteiger charge is -2.36. The average molecular weight is 398 g/mol. The van der Waals surface area contributed by atoms with Gasteiger partial charge in [0.05, 0.1) is 11.7 Å². The van der Waals surface area contributed by atoms with Gasteiger partial charge in [-0.25, -0.2) is 0 Å². The number of carbonyl (C=O) groups excluding carboxylic acids is 2. The summed E-state index contributed by atoms with van der Waals surface area (Å²) in [6.45, 7) is -0.0857. The second-order valence-corrected chi connectivity index (χ2v) is 7.26. The molecule has 1 aliphatic rings. The molecule has 0 spiro atoms. The van der Waals surface area contributed by atoms with Gasteiger partial charge in [-0.05, 0) is 30.3 Å². The first-order valence-electron chi connectivity index (χ1n) is 9.61. The van der Waals surface area contributed by atoms with Crippen LogP contribution in [0.25, 0.3) is 0 Å². The van der Waals surface area contributed by atoms with Gasteiger partial charge in [-0.15, -0.1) is 0 Å². The van der Waals surface area contributed by atoms with Crippen molar-refractivity contribution in [1.29, 1.82) is 0 Å². The number of rotatable bonds is 8. The number of para-hydroxylation sites is 1. The zero-order valence-electron chi connectivity index (χ0n) is 16.4. The van der Waals surface area contributed by atoms with Crippen LogP contribution in [0.3, 0.4) is 0 Å². The van der Waals surface area contributed by atoms with Crippen molar-refractivity contribution in [3.05, 3.63) is 54.1 Å². The zero-order valence-corrected chi connectivity index (χ0v) is 16.4. The van der Waals surface area contributed by atoms with Crippen molar-refractivity contribution in [2.75, 3.05) is 37.1 Å². The van der Waals surface area contributed by atoms with Crippen LogP contribution in [0.2, 0.25) is 0 Å². The van der Waals surface area contributed by atoms with Gasteiger partial charge in [0, 0.05) is 50.3 Å². The van der Waals surface area contributed by atoms with Crippen molar-refractivity contribution < 1.29 is 24.5 Å². The summed E-state index contributed by atoms with van der Waals surface area (Å²) in [6.07, 6.45) is 0.372. The number of hydrogen-bond donors (Lipinski definition) is 3. The number of fused-ring (bicyclic) bond motifs is 1. The highest BCUT2D eigenvalue weighted by molar-refractivity contribution is 6.05. The standard InChI is InChI=1S/C22H26N2O5/c1-24-18(11-19(27)9-15(12-25)13-26)14-29-21-8-7-16(10-20(21)24)22(28)23-17-5-3-2-4-6-17/h2-8,10,15,18,25-26H,9,11-14H2,1H3,(H,23,28). The molecular weight excluding hydrogens is 372 g/mol. The number of anilines is 2. The molecule has 7 heteroatoms. The first-order chi connectivity index (χ1) is 14.0. The van der Waals surface area contributed by atoms with Gasteiger partial charge in [0.15, 0.2) is 0 Å². The number of amides is 1. The maximum atomic E-state index is 12.6. The highest BCUT2D eigenvalue weighted by Crippen LogP contribution is 2.35. The molecule has 2 aromatic rings. The number of nitrogens with zero attached hydrogens (tertiary/aromatic N) is 1. The van der Waals surface area contributed by atoms with E-state index in [1.165, 1.54) is 0 Å². The molecule has 0 fully saturated rings. The Morgan fingerprint density at radius 3 is 2.59 bits per heavy atom. The molecule has 3 N–H and O–H groups in total. The molecule has 3 rings (SSSR count). The predicted octanol–water partition coefficient (Wildman–Crippen LogP) is 2.09. The van der Waals surface area contributed by atoms with Gasteiger partial charge in [0.2, 0.25) is 0 Å². The van der Waals surface area contributed by atoms with Crippen molar-refractivity contribution in [2.45, 2.75) is 18.9 Å². The van der Waals surface area contributed by atoms with E-state index in [1.54, 1.807) is 18.2 Å². The Bertz CT molecular complexity index is 852. The fourth-order valence-electron chi connectivity index (χ4n) is 3.33. The molecule has 1 atom stereocenters. The summed E-state index contributed by atoms with van der Waals surface area (Å²) in [5.41, 5.74) is 1.96. The van der Waals surface area contributed by atoms with Gasteiger partial charge >= 0.3 is 0 Å². The van der Waals surface area contributed by atoms with Gasteiger partial charge in [-0.3, -0.25) is 9.59 Å². The first kappa shape index (κ1) is 20.8. The summed E-state index contributed by atoms with van der Waals surface area (Å²) in [5.74, 6) is -0.0340. The number of Topliss-reactive ketones (excluding diaryl/α,β-unsaturated/α-hetero) is 1. The van der Waals surface area contributed by atoms with Crippen LogP contribution in [0.15, 0.2) is 48.5 Å². The molecule has 0 aromatic heterocycles. The summed E-state index contributed by atoms with van der Waals surface area (Å²) < 4.78 is 5.79. The molecule has 154 valence electrons. The second-order valence-electron chi connectivity index (χ2n) is 7.26. The Hall–Kier alpha value is -2.90. The topological polar surface area (TPSA) is 99.1 Å². The number of carbonyl (C=O) groups is 2. The molecule has 1 aliphatic heterocycles. The number of ether oxygens (including phenoxy) is 1. The monoisotopic (exact) mass is 398 g/mol. The lowest BCUT2D eigenvalue weighted by molar-refractivity contribution is -0.121. The summed E-state index contributed by atoms with van der Waals surface area (Å²) >= 11 is 0. The van der Waals surface area contributed by atoms with E-state index in [0.29, 0.717) is 23.6 Å². The quantitative estimate of drug-likeness (QED) is 0.630. The molecule has 0 saturated carbocycles. The first-order valence-corrected chi connectivity index (χ1v) is 9.61. The Morgan fingerprint density at radius 1 is 1.17 bits per heavy atom. The number of nitrogens with one attached hydrogen (secondary N) is 1. The fourth-order valence-corrected chi connectivity index (χ4v) is 3.33. The number of hydrogen-bond acceptors (Lipinski definition) is 6. The fraction of sp³-hybridized carbons (Fsp3) is 0.364. The van der Waals surface area contributed by atoms with Crippen LogP contribution in [0.1, 0.15) is 23.2 Å². The summed E-state index contributed by atoms with van der Waals surface area (Å²) in [4.78, 5) is 26.8. The smallest absolute Gasteiger partial charge is 0.255 e.